The van der Waals surface area contributed by atoms with Crippen LogP contribution in [0.2, 0.25) is 5.02 Å². The number of hydrogen-bond acceptors (Lipinski definition) is 2. The minimum absolute atomic E-state index is 0.111. The molecule has 1 aromatic rings. The van der Waals surface area contributed by atoms with Crippen LogP contribution >= 0.6 is 11.6 Å². The van der Waals surface area contributed by atoms with Gasteiger partial charge in [0.05, 0.1) is 22.8 Å². The van der Waals surface area contributed by atoms with E-state index in [0.717, 1.165) is 6.07 Å². The van der Waals surface area contributed by atoms with Crippen LogP contribution in [0.25, 0.3) is 0 Å². The van der Waals surface area contributed by atoms with Gasteiger partial charge in [0, 0.05) is 5.56 Å². The van der Waals surface area contributed by atoms with Gasteiger partial charge in [-0.2, -0.15) is 0 Å². The predicted octanol–water partition coefficient (Wildman–Crippen LogP) is 2.61. The van der Waals surface area contributed by atoms with E-state index < -0.39 is 24.4 Å². The van der Waals surface area contributed by atoms with E-state index in [1.54, 1.807) is 0 Å². The Morgan fingerprint density at radius 2 is 2.27 bits per heavy atom. The molecular formula is C9H8ClF2NO2. The monoisotopic (exact) mass is 235 g/mol. The zero-order valence-corrected chi connectivity index (χ0v) is 8.55. The third-order valence-corrected chi connectivity index (χ3v) is 2.20. The fourth-order valence-corrected chi connectivity index (χ4v) is 1.28. The molecule has 1 heterocycles. The van der Waals surface area contributed by atoms with Crippen molar-refractivity contribution >= 4 is 17.6 Å². The molecule has 0 radical (unpaired) electrons. The van der Waals surface area contributed by atoms with E-state index in [4.69, 9.17) is 16.7 Å². The van der Waals surface area contributed by atoms with Crippen LogP contribution in [0.1, 0.15) is 23.4 Å². The molecule has 0 aliphatic heterocycles. The van der Waals surface area contributed by atoms with Crippen molar-refractivity contribution in [1.29, 1.82) is 0 Å². The Labute approximate surface area is 89.7 Å². The molecule has 0 fully saturated rings. The molecule has 0 amide bonds. The molecule has 82 valence electrons. The van der Waals surface area contributed by atoms with Gasteiger partial charge < -0.3 is 5.11 Å². The summed E-state index contributed by atoms with van der Waals surface area (Å²) < 4.78 is 25.0. The molecule has 0 aromatic carbocycles. The highest BCUT2D eigenvalue weighted by Gasteiger charge is 2.18. The Bertz CT molecular complexity index is 396. The number of carboxylic acids is 1. The van der Waals surface area contributed by atoms with Crippen LogP contribution in [-0.4, -0.2) is 16.1 Å². The lowest BCUT2D eigenvalue weighted by Gasteiger charge is -2.08. The third kappa shape index (κ3) is 2.86. The number of nitrogens with zero attached hydrogens (tertiary/aromatic N) is 1. The van der Waals surface area contributed by atoms with Crippen LogP contribution in [0.4, 0.5) is 8.78 Å². The molecule has 1 rings (SSSR count). The van der Waals surface area contributed by atoms with E-state index in [-0.39, 0.29) is 10.7 Å². The molecule has 1 N–H and O–H groups in total. The van der Waals surface area contributed by atoms with Gasteiger partial charge in [0.2, 0.25) is 0 Å². The molecule has 3 nitrogen and oxygen atoms in total. The van der Waals surface area contributed by atoms with Gasteiger partial charge in [-0.3, -0.25) is 9.78 Å². The van der Waals surface area contributed by atoms with Gasteiger partial charge in [-0.1, -0.05) is 11.6 Å². The summed E-state index contributed by atoms with van der Waals surface area (Å²) in [5, 5.41) is 8.63. The van der Waals surface area contributed by atoms with Gasteiger partial charge in [-0.05, 0) is 13.0 Å². The summed E-state index contributed by atoms with van der Waals surface area (Å²) in [7, 11) is 0. The van der Waals surface area contributed by atoms with Gasteiger partial charge in [-0.15, -0.1) is 0 Å². The first kappa shape index (κ1) is 11.8. The predicted molar refractivity (Wildman–Crippen MR) is 50.3 cm³/mol. The normalized spacial score (nSPS) is 10.7. The lowest BCUT2D eigenvalue weighted by Crippen LogP contribution is -2.07. The van der Waals surface area contributed by atoms with Crippen molar-refractivity contribution in [2.45, 2.75) is 19.8 Å². The van der Waals surface area contributed by atoms with E-state index in [2.05, 4.69) is 4.98 Å². The molecule has 6 heteroatoms. The maximum absolute atomic E-state index is 12.5. The molecule has 15 heavy (non-hydrogen) atoms. The first-order chi connectivity index (χ1) is 6.91. The second-order valence-corrected chi connectivity index (χ2v) is 3.37. The lowest BCUT2D eigenvalue weighted by atomic mass is 10.1. The van der Waals surface area contributed by atoms with Gasteiger partial charge in [0.25, 0.3) is 6.43 Å². The van der Waals surface area contributed by atoms with Crippen LogP contribution in [0, 0.1) is 6.92 Å². The zero-order valence-electron chi connectivity index (χ0n) is 7.80. The first-order valence-corrected chi connectivity index (χ1v) is 4.45. The average molecular weight is 236 g/mol. The molecule has 0 spiro atoms. The second-order valence-electron chi connectivity index (χ2n) is 2.96. The van der Waals surface area contributed by atoms with Crippen molar-refractivity contribution in [2.24, 2.45) is 0 Å². The number of aryl methyl sites for hydroxylation is 1. The van der Waals surface area contributed by atoms with Crippen molar-refractivity contribution in [3.8, 4) is 0 Å². The summed E-state index contributed by atoms with van der Waals surface area (Å²) in [5.41, 5.74) is -0.218. The highest BCUT2D eigenvalue weighted by molar-refractivity contribution is 6.31. The van der Waals surface area contributed by atoms with Gasteiger partial charge in [-0.25, -0.2) is 8.78 Å². The topological polar surface area (TPSA) is 50.2 Å². The number of hydrogen-bond donors (Lipinski definition) is 1. The SMILES string of the molecule is Cc1nc(CC(=O)O)c(C(F)F)cc1Cl. The molecule has 0 saturated heterocycles. The van der Waals surface area contributed by atoms with Crippen LogP contribution in [0.15, 0.2) is 6.07 Å². The van der Waals surface area contributed by atoms with E-state index in [1.165, 1.54) is 6.92 Å². The lowest BCUT2D eigenvalue weighted by molar-refractivity contribution is -0.136. The summed E-state index contributed by atoms with van der Waals surface area (Å²) in [5.74, 6) is -1.20. The maximum atomic E-state index is 12.5. The minimum atomic E-state index is -2.77. The number of aliphatic carboxylic acids is 1. The molecule has 1 aromatic heterocycles. The van der Waals surface area contributed by atoms with Crippen LogP contribution in [-0.2, 0) is 11.2 Å². The highest BCUT2D eigenvalue weighted by atomic mass is 35.5. The van der Waals surface area contributed by atoms with Crippen molar-refractivity contribution < 1.29 is 18.7 Å². The number of carbonyl (C=O) groups is 1. The second kappa shape index (κ2) is 4.53. The van der Waals surface area contributed by atoms with Gasteiger partial charge in [0.1, 0.15) is 0 Å². The molecule has 0 unspecified atom stereocenters. The fraction of sp³-hybridized carbons (Fsp3) is 0.333. The molecule has 0 atom stereocenters. The third-order valence-electron chi connectivity index (χ3n) is 1.82. The van der Waals surface area contributed by atoms with Crippen molar-refractivity contribution in [2.75, 3.05) is 0 Å². The largest absolute Gasteiger partial charge is 0.481 e. The van der Waals surface area contributed by atoms with Gasteiger partial charge in [0.15, 0.2) is 0 Å². The minimum Gasteiger partial charge on any atom is -0.481 e. The maximum Gasteiger partial charge on any atom is 0.309 e. The summed E-state index contributed by atoms with van der Waals surface area (Å²) in [6.45, 7) is 1.53. The Balaban J connectivity index is 3.21. The average Bonchev–Trinajstić information content (AvgIpc) is 2.09. The Morgan fingerprint density at radius 1 is 1.67 bits per heavy atom. The van der Waals surface area contributed by atoms with Crippen molar-refractivity contribution in [1.82, 2.24) is 4.98 Å². The van der Waals surface area contributed by atoms with E-state index in [9.17, 15) is 13.6 Å². The molecule has 0 bridgehead atoms. The zero-order chi connectivity index (χ0) is 11.6. The summed E-state index contributed by atoms with van der Waals surface area (Å²) in [6.07, 6.45) is -3.30. The molecular weight excluding hydrogens is 228 g/mol. The van der Waals surface area contributed by atoms with Crippen LogP contribution < -0.4 is 0 Å². The van der Waals surface area contributed by atoms with Crippen molar-refractivity contribution in [3.05, 3.63) is 28.0 Å². The van der Waals surface area contributed by atoms with E-state index >= 15 is 0 Å². The molecule has 0 aliphatic carbocycles. The number of aromatic nitrogens is 1. The standard InChI is InChI=1S/C9H8ClF2NO2/c1-4-6(10)2-5(9(11)12)7(13-4)3-8(14)15/h2,9H,3H2,1H3,(H,14,15). The number of halogens is 3. The smallest absolute Gasteiger partial charge is 0.309 e. The number of alkyl halides is 2. The number of pyridine rings is 1. The summed E-state index contributed by atoms with van der Waals surface area (Å²) in [6, 6.07) is 1.06. The fourth-order valence-electron chi connectivity index (χ4n) is 1.12. The van der Waals surface area contributed by atoms with Crippen molar-refractivity contribution in [3.63, 3.8) is 0 Å². The highest BCUT2D eigenvalue weighted by Crippen LogP contribution is 2.26. The number of rotatable bonds is 3. The Morgan fingerprint density at radius 3 is 2.73 bits per heavy atom. The summed E-state index contributed by atoms with van der Waals surface area (Å²) >= 11 is 5.62. The van der Waals surface area contributed by atoms with E-state index in [1.807, 2.05) is 0 Å². The Kier molecular flexibility index (Phi) is 3.57. The van der Waals surface area contributed by atoms with E-state index in [0.29, 0.717) is 5.69 Å². The first-order valence-electron chi connectivity index (χ1n) is 4.07. The van der Waals surface area contributed by atoms with Crippen LogP contribution in [0.5, 0.6) is 0 Å². The molecule has 0 aliphatic rings. The Hall–Kier alpha value is -1.23. The molecule has 0 saturated carbocycles. The van der Waals surface area contributed by atoms with Gasteiger partial charge >= 0.3 is 5.97 Å². The summed E-state index contributed by atoms with van der Waals surface area (Å²) in [4.78, 5) is 14.2. The van der Waals surface area contributed by atoms with Crippen LogP contribution in [0.3, 0.4) is 0 Å². The number of carboxylic acid groups (broad SMARTS) is 1. The quantitative estimate of drug-likeness (QED) is 0.876.